The van der Waals surface area contributed by atoms with Crippen LogP contribution in [0.1, 0.15) is 11.3 Å². The second-order valence-corrected chi connectivity index (χ2v) is 7.98. The highest BCUT2D eigenvalue weighted by molar-refractivity contribution is 7.89. The van der Waals surface area contributed by atoms with E-state index in [4.69, 9.17) is 4.74 Å². The highest BCUT2D eigenvalue weighted by atomic mass is 32.2. The van der Waals surface area contributed by atoms with Crippen LogP contribution in [0.5, 0.6) is 5.75 Å². The average molecular weight is 362 g/mol. The van der Waals surface area contributed by atoms with Crippen LogP contribution in [0.2, 0.25) is 0 Å². The van der Waals surface area contributed by atoms with Crippen molar-refractivity contribution in [2.75, 3.05) is 38.2 Å². The Morgan fingerprint density at radius 1 is 1.00 bits per heavy atom. The van der Waals surface area contributed by atoms with Gasteiger partial charge in [-0.15, -0.1) is 5.10 Å². The van der Waals surface area contributed by atoms with Crippen LogP contribution >= 0.6 is 0 Å². The molecule has 7 nitrogen and oxygen atoms in total. The van der Waals surface area contributed by atoms with Gasteiger partial charge in [0.2, 0.25) is 10.0 Å². The van der Waals surface area contributed by atoms with Gasteiger partial charge in [0.1, 0.15) is 10.6 Å². The predicted octanol–water partition coefficient (Wildman–Crippen LogP) is 1.61. The Morgan fingerprint density at radius 2 is 1.72 bits per heavy atom. The van der Waals surface area contributed by atoms with Crippen LogP contribution in [0.25, 0.3) is 0 Å². The summed E-state index contributed by atoms with van der Waals surface area (Å²) in [5, 5.41) is 8.23. The molecule has 0 radical (unpaired) electrons. The first kappa shape index (κ1) is 17.6. The normalized spacial score (nSPS) is 16.0. The summed E-state index contributed by atoms with van der Waals surface area (Å²) < 4.78 is 32.7. The quantitative estimate of drug-likeness (QED) is 0.823. The van der Waals surface area contributed by atoms with Crippen molar-refractivity contribution in [2.24, 2.45) is 0 Å². The van der Waals surface area contributed by atoms with E-state index in [-0.39, 0.29) is 4.90 Å². The molecule has 1 fully saturated rings. The van der Waals surface area contributed by atoms with Gasteiger partial charge < -0.3 is 9.64 Å². The van der Waals surface area contributed by atoms with E-state index in [0.29, 0.717) is 31.9 Å². The second kappa shape index (κ2) is 6.97. The van der Waals surface area contributed by atoms with Crippen molar-refractivity contribution in [1.29, 1.82) is 0 Å². The Morgan fingerprint density at radius 3 is 2.32 bits per heavy atom. The number of ether oxygens (including phenoxy) is 1. The lowest BCUT2D eigenvalue weighted by molar-refractivity contribution is 0.373. The molecule has 0 aliphatic carbocycles. The first-order valence-electron chi connectivity index (χ1n) is 8.12. The van der Waals surface area contributed by atoms with Crippen molar-refractivity contribution in [3.8, 4) is 5.75 Å². The molecule has 134 valence electrons. The number of benzene rings is 1. The Kier molecular flexibility index (Phi) is 4.91. The van der Waals surface area contributed by atoms with Crippen molar-refractivity contribution >= 4 is 15.8 Å². The lowest BCUT2D eigenvalue weighted by Crippen LogP contribution is -2.49. The molecule has 25 heavy (non-hydrogen) atoms. The van der Waals surface area contributed by atoms with Gasteiger partial charge in [-0.2, -0.15) is 9.40 Å². The molecule has 0 N–H and O–H groups in total. The monoisotopic (exact) mass is 362 g/mol. The Labute approximate surface area is 148 Å². The van der Waals surface area contributed by atoms with Gasteiger partial charge in [-0.3, -0.25) is 0 Å². The zero-order chi connectivity index (χ0) is 18.0. The summed E-state index contributed by atoms with van der Waals surface area (Å²) in [6, 6.07) is 8.96. The lowest BCUT2D eigenvalue weighted by atomic mass is 10.2. The predicted molar refractivity (Wildman–Crippen MR) is 95.5 cm³/mol. The summed E-state index contributed by atoms with van der Waals surface area (Å²) in [4.78, 5) is 2.26. The molecule has 0 saturated carbocycles. The molecule has 2 heterocycles. The van der Waals surface area contributed by atoms with E-state index in [1.165, 1.54) is 11.4 Å². The van der Waals surface area contributed by atoms with Crippen molar-refractivity contribution in [1.82, 2.24) is 14.5 Å². The number of piperazine rings is 1. The smallest absolute Gasteiger partial charge is 0.246 e. The number of nitrogens with zero attached hydrogens (tertiary/aromatic N) is 4. The third kappa shape index (κ3) is 3.59. The zero-order valence-corrected chi connectivity index (χ0v) is 15.5. The minimum Gasteiger partial charge on any atom is -0.495 e. The number of rotatable bonds is 4. The molecular formula is C17H22N4O3S. The molecule has 0 unspecified atom stereocenters. The summed E-state index contributed by atoms with van der Waals surface area (Å²) in [6.07, 6.45) is 0. The number of sulfonamides is 1. The van der Waals surface area contributed by atoms with Gasteiger partial charge in [0.05, 0.1) is 12.8 Å². The van der Waals surface area contributed by atoms with Gasteiger partial charge in [0.25, 0.3) is 0 Å². The van der Waals surface area contributed by atoms with Crippen molar-refractivity contribution in [3.05, 3.63) is 41.6 Å². The minimum atomic E-state index is -3.59. The van der Waals surface area contributed by atoms with E-state index < -0.39 is 10.0 Å². The number of hydrogen-bond donors (Lipinski definition) is 0. The second-order valence-electron chi connectivity index (χ2n) is 6.08. The zero-order valence-electron chi connectivity index (χ0n) is 14.6. The average Bonchev–Trinajstić information content (AvgIpc) is 2.62. The van der Waals surface area contributed by atoms with E-state index in [0.717, 1.165) is 17.1 Å². The fraction of sp³-hybridized carbons (Fsp3) is 0.412. The highest BCUT2D eigenvalue weighted by Gasteiger charge is 2.31. The van der Waals surface area contributed by atoms with Crippen molar-refractivity contribution in [2.45, 2.75) is 18.7 Å². The van der Waals surface area contributed by atoms with E-state index >= 15 is 0 Å². The van der Waals surface area contributed by atoms with E-state index in [1.54, 1.807) is 18.2 Å². The maximum absolute atomic E-state index is 13.0. The SMILES string of the molecule is COc1cc(C)ccc1S(=O)(=O)N1CCN(c2ccc(C)nn2)CC1. The van der Waals surface area contributed by atoms with Gasteiger partial charge in [-0.1, -0.05) is 6.07 Å². The molecule has 0 bridgehead atoms. The van der Waals surface area contributed by atoms with Gasteiger partial charge in [0, 0.05) is 26.2 Å². The number of aromatic nitrogens is 2. The molecule has 0 spiro atoms. The van der Waals surface area contributed by atoms with Crippen LogP contribution in [-0.2, 0) is 10.0 Å². The molecule has 1 aromatic carbocycles. The topological polar surface area (TPSA) is 75.6 Å². The Bertz CT molecular complexity index is 845. The molecule has 0 amide bonds. The first-order valence-corrected chi connectivity index (χ1v) is 9.56. The van der Waals surface area contributed by atoms with E-state index in [2.05, 4.69) is 10.2 Å². The number of methoxy groups -OCH3 is 1. The molecule has 0 atom stereocenters. The molecular weight excluding hydrogens is 340 g/mol. The third-order valence-electron chi connectivity index (χ3n) is 4.28. The number of hydrogen-bond acceptors (Lipinski definition) is 6. The van der Waals surface area contributed by atoms with E-state index in [1.807, 2.05) is 30.9 Å². The van der Waals surface area contributed by atoms with E-state index in [9.17, 15) is 8.42 Å². The summed E-state index contributed by atoms with van der Waals surface area (Å²) in [5.41, 5.74) is 1.81. The molecule has 1 aromatic heterocycles. The van der Waals surface area contributed by atoms with Crippen molar-refractivity contribution in [3.63, 3.8) is 0 Å². The van der Waals surface area contributed by atoms with Crippen LogP contribution in [-0.4, -0.2) is 56.2 Å². The fourth-order valence-corrected chi connectivity index (χ4v) is 4.40. The molecule has 3 rings (SSSR count). The Balaban J connectivity index is 1.77. The first-order chi connectivity index (χ1) is 11.9. The minimum absolute atomic E-state index is 0.212. The van der Waals surface area contributed by atoms with Gasteiger partial charge in [-0.25, -0.2) is 8.42 Å². The third-order valence-corrected chi connectivity index (χ3v) is 6.22. The van der Waals surface area contributed by atoms with Crippen LogP contribution in [0.4, 0.5) is 5.82 Å². The summed E-state index contributed by atoms with van der Waals surface area (Å²) >= 11 is 0. The molecule has 1 aliphatic heterocycles. The largest absolute Gasteiger partial charge is 0.495 e. The van der Waals surface area contributed by atoms with Crippen LogP contribution in [0.15, 0.2) is 35.2 Å². The summed E-state index contributed by atoms with van der Waals surface area (Å²) in [7, 11) is -2.10. The van der Waals surface area contributed by atoms with Crippen LogP contribution in [0.3, 0.4) is 0 Å². The van der Waals surface area contributed by atoms with Crippen LogP contribution < -0.4 is 9.64 Å². The fourth-order valence-electron chi connectivity index (χ4n) is 2.85. The molecule has 2 aromatic rings. The summed E-state index contributed by atoms with van der Waals surface area (Å²) in [6.45, 7) is 5.73. The standard InChI is InChI=1S/C17H22N4O3S/c1-13-4-6-16(15(12-13)24-3)25(22,23)21-10-8-20(9-11-21)17-7-5-14(2)18-19-17/h4-7,12H,8-11H2,1-3H3. The lowest BCUT2D eigenvalue weighted by Gasteiger charge is -2.34. The molecule has 1 aliphatic rings. The maximum Gasteiger partial charge on any atom is 0.246 e. The number of anilines is 1. The van der Waals surface area contributed by atoms with Gasteiger partial charge in [0.15, 0.2) is 5.82 Å². The maximum atomic E-state index is 13.0. The molecule has 1 saturated heterocycles. The number of aryl methyl sites for hydroxylation is 2. The van der Waals surface area contributed by atoms with Crippen molar-refractivity contribution < 1.29 is 13.2 Å². The Hall–Kier alpha value is -2.19. The van der Waals surface area contributed by atoms with Gasteiger partial charge in [-0.05, 0) is 43.7 Å². The van der Waals surface area contributed by atoms with Gasteiger partial charge >= 0.3 is 0 Å². The molecule has 8 heteroatoms. The summed E-state index contributed by atoms with van der Waals surface area (Å²) in [5.74, 6) is 1.15. The highest BCUT2D eigenvalue weighted by Crippen LogP contribution is 2.28. The van der Waals surface area contributed by atoms with Crippen LogP contribution in [0, 0.1) is 13.8 Å².